The molecule has 0 saturated carbocycles. The smallest absolute Gasteiger partial charge is 0.00473 e. The van der Waals surface area contributed by atoms with Crippen LogP contribution in [0, 0.1) is 5.92 Å². The van der Waals surface area contributed by atoms with E-state index in [9.17, 15) is 0 Å². The van der Waals surface area contributed by atoms with Gasteiger partial charge in [-0.1, -0.05) is 108 Å². The predicted molar refractivity (Wildman–Crippen MR) is 87.5 cm³/mol. The molecule has 0 radical (unpaired) electrons. The van der Waals surface area contributed by atoms with Crippen molar-refractivity contribution in [2.24, 2.45) is 5.92 Å². The molecular weight excluding hydrogens is 228 g/mol. The summed E-state index contributed by atoms with van der Waals surface area (Å²) in [6, 6.07) is 0. The summed E-state index contributed by atoms with van der Waals surface area (Å²) in [4.78, 5) is 0. The van der Waals surface area contributed by atoms with E-state index in [4.69, 9.17) is 0 Å². The minimum atomic E-state index is 0.753. The standard InChI is InChI=1S/C19H34/c1-2-3-4-5-6-7-8-9-10-11-12-13-16-19-17-14-15-18-19/h14-15,17-19H,2-13,16H2,1H3. The van der Waals surface area contributed by atoms with Crippen molar-refractivity contribution in [2.75, 3.05) is 0 Å². The van der Waals surface area contributed by atoms with Gasteiger partial charge in [-0.3, -0.25) is 0 Å². The van der Waals surface area contributed by atoms with Crippen molar-refractivity contribution in [1.82, 2.24) is 0 Å². The molecule has 0 aromatic heterocycles. The molecule has 0 fully saturated rings. The summed E-state index contributed by atoms with van der Waals surface area (Å²) < 4.78 is 0. The fourth-order valence-corrected chi connectivity index (χ4v) is 2.89. The van der Waals surface area contributed by atoms with E-state index in [1.807, 2.05) is 0 Å². The van der Waals surface area contributed by atoms with Crippen LogP contribution in [-0.4, -0.2) is 0 Å². The van der Waals surface area contributed by atoms with Crippen LogP contribution in [0.3, 0.4) is 0 Å². The highest BCUT2D eigenvalue weighted by Crippen LogP contribution is 2.18. The van der Waals surface area contributed by atoms with Crippen molar-refractivity contribution < 1.29 is 0 Å². The maximum absolute atomic E-state index is 2.33. The summed E-state index contributed by atoms with van der Waals surface area (Å²) >= 11 is 0. The second-order valence-electron chi connectivity index (χ2n) is 6.11. The summed E-state index contributed by atoms with van der Waals surface area (Å²) in [5, 5.41) is 0. The Bertz CT molecular complexity index is 224. The highest BCUT2D eigenvalue weighted by Gasteiger charge is 2.02. The second-order valence-corrected chi connectivity index (χ2v) is 6.11. The lowest BCUT2D eigenvalue weighted by molar-refractivity contribution is 0.531. The van der Waals surface area contributed by atoms with Gasteiger partial charge in [-0.15, -0.1) is 0 Å². The number of rotatable bonds is 13. The Labute approximate surface area is 121 Å². The topological polar surface area (TPSA) is 0 Å². The normalized spacial score (nSPS) is 14.6. The lowest BCUT2D eigenvalue weighted by Crippen LogP contribution is -1.89. The molecule has 1 rings (SSSR count). The third-order valence-electron chi connectivity index (χ3n) is 4.22. The molecule has 0 N–H and O–H groups in total. The SMILES string of the molecule is CCCCCCCCCCCCCCC1C=CC=C1. The summed E-state index contributed by atoms with van der Waals surface area (Å²) in [7, 11) is 0. The minimum absolute atomic E-state index is 0.753. The quantitative estimate of drug-likeness (QED) is 0.319. The second kappa shape index (κ2) is 12.5. The highest BCUT2D eigenvalue weighted by atomic mass is 14.1. The molecule has 0 aliphatic heterocycles. The summed E-state index contributed by atoms with van der Waals surface area (Å²) in [6.07, 6.45) is 27.8. The molecule has 19 heavy (non-hydrogen) atoms. The van der Waals surface area contributed by atoms with E-state index in [0.717, 1.165) is 5.92 Å². The van der Waals surface area contributed by atoms with Gasteiger partial charge < -0.3 is 0 Å². The van der Waals surface area contributed by atoms with Gasteiger partial charge >= 0.3 is 0 Å². The van der Waals surface area contributed by atoms with Gasteiger partial charge in [-0.2, -0.15) is 0 Å². The van der Waals surface area contributed by atoms with Gasteiger partial charge in [0.15, 0.2) is 0 Å². The van der Waals surface area contributed by atoms with E-state index in [0.29, 0.717) is 0 Å². The largest absolute Gasteiger partial charge is 0.0776 e. The van der Waals surface area contributed by atoms with Crippen molar-refractivity contribution in [2.45, 2.75) is 90.4 Å². The molecule has 1 aliphatic carbocycles. The van der Waals surface area contributed by atoms with Crippen LogP contribution in [0.4, 0.5) is 0 Å². The molecular formula is C19H34. The fourth-order valence-electron chi connectivity index (χ4n) is 2.89. The summed E-state index contributed by atoms with van der Waals surface area (Å²) in [6.45, 7) is 2.29. The third-order valence-corrected chi connectivity index (χ3v) is 4.22. The summed E-state index contributed by atoms with van der Waals surface area (Å²) in [5.74, 6) is 0.753. The van der Waals surface area contributed by atoms with Crippen LogP contribution in [0.25, 0.3) is 0 Å². The Morgan fingerprint density at radius 3 is 1.47 bits per heavy atom. The fraction of sp³-hybridized carbons (Fsp3) is 0.789. The zero-order chi connectivity index (χ0) is 13.6. The van der Waals surface area contributed by atoms with Crippen LogP contribution in [-0.2, 0) is 0 Å². The molecule has 0 saturated heterocycles. The zero-order valence-electron chi connectivity index (χ0n) is 13.1. The molecule has 0 aromatic carbocycles. The average molecular weight is 262 g/mol. The molecule has 110 valence electrons. The lowest BCUT2D eigenvalue weighted by Gasteiger charge is -2.05. The van der Waals surface area contributed by atoms with Crippen LogP contribution in [0.2, 0.25) is 0 Å². The average Bonchev–Trinajstić information content (AvgIpc) is 2.93. The monoisotopic (exact) mass is 262 g/mol. The number of hydrogen-bond donors (Lipinski definition) is 0. The van der Waals surface area contributed by atoms with E-state index >= 15 is 0 Å². The van der Waals surface area contributed by atoms with Crippen LogP contribution in [0.15, 0.2) is 24.3 Å². The highest BCUT2D eigenvalue weighted by molar-refractivity contribution is 5.17. The molecule has 0 aromatic rings. The molecule has 0 heteroatoms. The molecule has 0 unspecified atom stereocenters. The van der Waals surface area contributed by atoms with Crippen LogP contribution in [0.5, 0.6) is 0 Å². The molecule has 0 heterocycles. The number of unbranched alkanes of at least 4 members (excludes halogenated alkanes) is 11. The van der Waals surface area contributed by atoms with Gasteiger partial charge in [0.2, 0.25) is 0 Å². The Hall–Kier alpha value is -0.520. The first-order valence-corrected chi connectivity index (χ1v) is 8.78. The van der Waals surface area contributed by atoms with E-state index < -0.39 is 0 Å². The van der Waals surface area contributed by atoms with Crippen molar-refractivity contribution >= 4 is 0 Å². The van der Waals surface area contributed by atoms with Crippen molar-refractivity contribution in [3.05, 3.63) is 24.3 Å². The maximum atomic E-state index is 2.33. The Balaban J connectivity index is 1.69. The first-order chi connectivity index (χ1) is 9.43. The molecule has 0 bridgehead atoms. The van der Waals surface area contributed by atoms with Crippen LogP contribution in [0.1, 0.15) is 90.4 Å². The number of allylic oxidation sites excluding steroid dienone is 4. The number of hydrogen-bond acceptors (Lipinski definition) is 0. The van der Waals surface area contributed by atoms with Crippen molar-refractivity contribution in [1.29, 1.82) is 0 Å². The van der Waals surface area contributed by atoms with E-state index in [2.05, 4.69) is 31.2 Å². The van der Waals surface area contributed by atoms with Gasteiger partial charge in [-0.25, -0.2) is 0 Å². The van der Waals surface area contributed by atoms with Crippen LogP contribution < -0.4 is 0 Å². The van der Waals surface area contributed by atoms with Gasteiger partial charge in [-0.05, 0) is 12.3 Å². The minimum Gasteiger partial charge on any atom is -0.0776 e. The summed E-state index contributed by atoms with van der Waals surface area (Å²) in [5.41, 5.74) is 0. The van der Waals surface area contributed by atoms with Gasteiger partial charge in [0, 0.05) is 0 Å². The molecule has 0 atom stereocenters. The first kappa shape index (κ1) is 16.5. The maximum Gasteiger partial charge on any atom is -0.00473 e. The molecule has 1 aliphatic rings. The van der Waals surface area contributed by atoms with Gasteiger partial charge in [0.1, 0.15) is 0 Å². The zero-order valence-corrected chi connectivity index (χ0v) is 13.1. The van der Waals surface area contributed by atoms with E-state index in [1.165, 1.54) is 83.5 Å². The third kappa shape index (κ3) is 9.99. The van der Waals surface area contributed by atoms with E-state index in [-0.39, 0.29) is 0 Å². The van der Waals surface area contributed by atoms with E-state index in [1.54, 1.807) is 0 Å². The van der Waals surface area contributed by atoms with Crippen LogP contribution >= 0.6 is 0 Å². The van der Waals surface area contributed by atoms with Crippen molar-refractivity contribution in [3.63, 3.8) is 0 Å². The first-order valence-electron chi connectivity index (χ1n) is 8.78. The van der Waals surface area contributed by atoms with Gasteiger partial charge in [0.25, 0.3) is 0 Å². The Kier molecular flexibility index (Phi) is 10.9. The van der Waals surface area contributed by atoms with Gasteiger partial charge in [0.05, 0.1) is 0 Å². The predicted octanol–water partition coefficient (Wildman–Crippen LogP) is 6.82. The molecule has 0 spiro atoms. The molecule has 0 amide bonds. The lowest BCUT2D eigenvalue weighted by atomic mass is 10.0. The van der Waals surface area contributed by atoms with Crippen molar-refractivity contribution in [3.8, 4) is 0 Å². The Morgan fingerprint density at radius 2 is 1.00 bits per heavy atom. The molecule has 0 nitrogen and oxygen atoms in total. The Morgan fingerprint density at radius 1 is 0.579 bits per heavy atom.